The molecule has 0 fully saturated rings. The van der Waals surface area contributed by atoms with Crippen molar-refractivity contribution in [1.82, 2.24) is 21.3 Å². The Labute approximate surface area is 220 Å². The van der Waals surface area contributed by atoms with Crippen molar-refractivity contribution < 1.29 is 33.4 Å². The van der Waals surface area contributed by atoms with Gasteiger partial charge in [0.25, 0.3) is 0 Å². The van der Waals surface area contributed by atoms with Gasteiger partial charge in [-0.3, -0.25) is 19.2 Å². The van der Waals surface area contributed by atoms with Gasteiger partial charge in [-0.25, -0.2) is 0 Å². The number of rotatable bonds is 23. The molecule has 11 heteroatoms. The van der Waals surface area contributed by atoms with Gasteiger partial charge in [0.05, 0.1) is 19.8 Å². The van der Waals surface area contributed by atoms with Gasteiger partial charge >= 0.3 is 0 Å². The zero-order valence-electron chi connectivity index (χ0n) is 22.3. The van der Waals surface area contributed by atoms with E-state index in [2.05, 4.69) is 41.0 Å². The highest BCUT2D eigenvalue weighted by atomic mass is 16.5. The molecule has 0 atom stereocenters. The van der Waals surface area contributed by atoms with Crippen LogP contribution in [0.25, 0.3) is 0 Å². The molecular formula is C26H44N4O7. The second kappa shape index (κ2) is 21.1. The van der Waals surface area contributed by atoms with Crippen LogP contribution in [0.1, 0.15) is 33.1 Å². The van der Waals surface area contributed by atoms with E-state index in [1.165, 1.54) is 18.2 Å². The quantitative estimate of drug-likeness (QED) is 0.113. The van der Waals surface area contributed by atoms with E-state index in [0.29, 0.717) is 58.7 Å². The summed E-state index contributed by atoms with van der Waals surface area (Å²) >= 11 is 0. The van der Waals surface area contributed by atoms with Gasteiger partial charge in [-0.1, -0.05) is 33.6 Å². The van der Waals surface area contributed by atoms with E-state index in [1.807, 2.05) is 0 Å². The van der Waals surface area contributed by atoms with Crippen LogP contribution in [-0.4, -0.2) is 88.4 Å². The Balaban J connectivity index is 5.05. The Bertz CT molecular complexity index is 662. The van der Waals surface area contributed by atoms with Crippen LogP contribution < -0.4 is 21.3 Å². The van der Waals surface area contributed by atoms with E-state index in [1.54, 1.807) is 13.8 Å². The van der Waals surface area contributed by atoms with Gasteiger partial charge in [-0.15, -0.1) is 0 Å². The lowest BCUT2D eigenvalue weighted by Crippen LogP contribution is -2.59. The Morgan fingerprint density at radius 3 is 1.27 bits per heavy atom. The third-order valence-electron chi connectivity index (χ3n) is 4.90. The molecule has 0 saturated heterocycles. The smallest absolute Gasteiger partial charge is 0.243 e. The molecule has 0 aromatic carbocycles. The number of carbonyl (C=O) groups is 4. The molecule has 0 saturated carbocycles. The number of hydrogen-bond acceptors (Lipinski definition) is 7. The minimum atomic E-state index is -0.958. The fourth-order valence-corrected chi connectivity index (χ4v) is 2.82. The first-order valence-electron chi connectivity index (χ1n) is 12.5. The maximum atomic E-state index is 12.6. The predicted molar refractivity (Wildman–Crippen MR) is 142 cm³/mol. The van der Waals surface area contributed by atoms with Crippen LogP contribution in [0.15, 0.2) is 38.0 Å². The van der Waals surface area contributed by atoms with Crippen molar-refractivity contribution in [2.24, 2.45) is 5.92 Å². The van der Waals surface area contributed by atoms with Crippen LogP contribution >= 0.6 is 0 Å². The summed E-state index contributed by atoms with van der Waals surface area (Å²) in [5, 5.41) is 11.1. The Morgan fingerprint density at radius 1 is 0.676 bits per heavy atom. The van der Waals surface area contributed by atoms with Crippen LogP contribution in [0.2, 0.25) is 0 Å². The number of ether oxygens (including phenoxy) is 3. The fraction of sp³-hybridized carbons (Fsp3) is 0.615. The molecule has 0 aromatic heterocycles. The van der Waals surface area contributed by atoms with Crippen LogP contribution in [0.4, 0.5) is 0 Å². The molecule has 0 rings (SSSR count). The zero-order valence-corrected chi connectivity index (χ0v) is 22.3. The molecule has 0 aliphatic heterocycles. The molecule has 0 radical (unpaired) electrons. The lowest BCUT2D eigenvalue weighted by molar-refractivity contribution is -0.130. The van der Waals surface area contributed by atoms with Crippen molar-refractivity contribution >= 4 is 23.6 Å². The summed E-state index contributed by atoms with van der Waals surface area (Å²) in [6.07, 6.45) is 5.32. The lowest BCUT2D eigenvalue weighted by Gasteiger charge is -2.35. The highest BCUT2D eigenvalue weighted by Crippen LogP contribution is 2.12. The predicted octanol–water partition coefficient (Wildman–Crippen LogP) is 0.624. The highest BCUT2D eigenvalue weighted by Gasteiger charge is 2.34. The van der Waals surface area contributed by atoms with Gasteiger partial charge in [0, 0.05) is 45.4 Å². The molecule has 210 valence electrons. The summed E-state index contributed by atoms with van der Waals surface area (Å²) in [6, 6.07) is 0. The first-order chi connectivity index (χ1) is 17.7. The van der Waals surface area contributed by atoms with Gasteiger partial charge < -0.3 is 35.5 Å². The SMILES string of the molecule is C=CC(=O)NCCCOCC(COCCCNC(=O)C=C)(COCCCNC(=O)C=C)NC(=O)C(C)C. The summed E-state index contributed by atoms with van der Waals surface area (Å²) < 4.78 is 17.6. The molecule has 4 N–H and O–H groups in total. The Morgan fingerprint density at radius 2 is 1.00 bits per heavy atom. The van der Waals surface area contributed by atoms with Gasteiger partial charge in [0.1, 0.15) is 5.54 Å². The Hall–Kier alpha value is -3.02. The molecule has 0 aliphatic rings. The molecule has 11 nitrogen and oxygen atoms in total. The van der Waals surface area contributed by atoms with Gasteiger partial charge in [0.15, 0.2) is 0 Å². The van der Waals surface area contributed by atoms with Crippen molar-refractivity contribution in [3.05, 3.63) is 38.0 Å². The average molecular weight is 525 g/mol. The summed E-state index contributed by atoms with van der Waals surface area (Å²) in [7, 11) is 0. The third kappa shape index (κ3) is 18.0. The normalized spacial score (nSPS) is 10.9. The van der Waals surface area contributed by atoms with Crippen molar-refractivity contribution in [1.29, 1.82) is 0 Å². The largest absolute Gasteiger partial charge is 0.379 e. The van der Waals surface area contributed by atoms with E-state index in [9.17, 15) is 19.2 Å². The first-order valence-corrected chi connectivity index (χ1v) is 12.5. The van der Waals surface area contributed by atoms with E-state index in [0.717, 1.165) is 0 Å². The summed E-state index contributed by atoms with van der Waals surface area (Å²) in [4.78, 5) is 46.5. The molecule has 0 heterocycles. The first kappa shape index (κ1) is 34.0. The molecule has 0 bridgehead atoms. The second-order valence-electron chi connectivity index (χ2n) is 8.63. The topological polar surface area (TPSA) is 144 Å². The standard InChI is InChI=1S/C26H44N4O7/c1-6-22(31)27-12-9-15-35-18-26(30-25(34)21(4)5,19-36-16-10-13-28-23(32)7-2)20-37-17-11-14-29-24(33)8-3/h6-8,21H,1-3,9-20H2,4-5H3,(H,27,31)(H,28,32)(H,29,33)(H,30,34). The van der Waals surface area contributed by atoms with Crippen LogP contribution in [0, 0.1) is 5.92 Å². The summed E-state index contributed by atoms with van der Waals surface area (Å²) in [5.41, 5.74) is -0.958. The number of nitrogens with one attached hydrogen (secondary N) is 4. The van der Waals surface area contributed by atoms with Gasteiger partial charge in [-0.05, 0) is 37.5 Å². The molecular weight excluding hydrogens is 480 g/mol. The summed E-state index contributed by atoms with van der Waals surface area (Å²) in [5.74, 6) is -1.21. The molecule has 4 amide bonds. The van der Waals surface area contributed by atoms with Gasteiger partial charge in [0.2, 0.25) is 23.6 Å². The molecule has 0 aliphatic carbocycles. The van der Waals surface area contributed by atoms with Crippen LogP contribution in [-0.2, 0) is 33.4 Å². The minimum Gasteiger partial charge on any atom is -0.379 e. The second-order valence-corrected chi connectivity index (χ2v) is 8.63. The maximum Gasteiger partial charge on any atom is 0.243 e. The van der Waals surface area contributed by atoms with E-state index in [-0.39, 0.29) is 49.4 Å². The maximum absolute atomic E-state index is 12.6. The van der Waals surface area contributed by atoms with Crippen molar-refractivity contribution in [2.75, 3.05) is 59.3 Å². The lowest BCUT2D eigenvalue weighted by atomic mass is 10.0. The molecule has 37 heavy (non-hydrogen) atoms. The molecule has 0 unspecified atom stereocenters. The highest BCUT2D eigenvalue weighted by molar-refractivity contribution is 5.87. The Kier molecular flexibility index (Phi) is 19.4. The molecule has 0 aromatic rings. The van der Waals surface area contributed by atoms with Crippen LogP contribution in [0.3, 0.4) is 0 Å². The molecule has 0 spiro atoms. The van der Waals surface area contributed by atoms with E-state index in [4.69, 9.17) is 14.2 Å². The number of carbonyl (C=O) groups excluding carboxylic acids is 4. The van der Waals surface area contributed by atoms with Crippen LogP contribution in [0.5, 0.6) is 0 Å². The average Bonchev–Trinajstić information content (AvgIpc) is 2.89. The van der Waals surface area contributed by atoms with E-state index >= 15 is 0 Å². The number of hydrogen-bond donors (Lipinski definition) is 4. The minimum absolute atomic E-state index is 0.126. The van der Waals surface area contributed by atoms with Crippen molar-refractivity contribution in [3.63, 3.8) is 0 Å². The van der Waals surface area contributed by atoms with Gasteiger partial charge in [-0.2, -0.15) is 0 Å². The third-order valence-corrected chi connectivity index (χ3v) is 4.90. The van der Waals surface area contributed by atoms with Crippen molar-refractivity contribution in [2.45, 2.75) is 38.6 Å². The van der Waals surface area contributed by atoms with E-state index < -0.39 is 5.54 Å². The number of amides is 4. The summed E-state index contributed by atoms with van der Waals surface area (Å²) in [6.45, 7) is 16.5. The fourth-order valence-electron chi connectivity index (χ4n) is 2.82. The zero-order chi connectivity index (χ0) is 27.9. The monoisotopic (exact) mass is 524 g/mol. The van der Waals surface area contributed by atoms with Crippen molar-refractivity contribution in [3.8, 4) is 0 Å².